The van der Waals surface area contributed by atoms with Crippen LogP contribution in [0, 0.1) is 0 Å². The van der Waals surface area contributed by atoms with E-state index in [1.807, 2.05) is 6.08 Å². The Bertz CT molecular complexity index is 559. The maximum absolute atomic E-state index is 3.82. The summed E-state index contributed by atoms with van der Waals surface area (Å²) in [6, 6.07) is 16.0. The van der Waals surface area contributed by atoms with E-state index in [-0.39, 0.29) is 0 Å². The second-order valence-electron chi connectivity index (χ2n) is 5.76. The van der Waals surface area contributed by atoms with Gasteiger partial charge < -0.3 is 5.32 Å². The van der Waals surface area contributed by atoms with Crippen molar-refractivity contribution in [3.63, 3.8) is 0 Å². The third-order valence-corrected chi connectivity index (χ3v) is 3.94. The van der Waals surface area contributed by atoms with E-state index < -0.39 is 0 Å². The molecule has 1 N–H and O–H groups in total. The molecule has 0 aliphatic heterocycles. The predicted octanol–water partition coefficient (Wildman–Crippen LogP) is 5.11. The van der Waals surface area contributed by atoms with Gasteiger partial charge in [-0.2, -0.15) is 0 Å². The maximum atomic E-state index is 3.82. The fraction of sp³-hybridized carbons (Fsp3) is 0.400. The molecule has 2 rings (SSSR count). The van der Waals surface area contributed by atoms with E-state index in [1.54, 1.807) is 0 Å². The number of fused-ring (bicyclic) bond motifs is 1. The van der Waals surface area contributed by atoms with E-state index in [4.69, 9.17) is 0 Å². The van der Waals surface area contributed by atoms with E-state index in [0.29, 0.717) is 6.04 Å². The van der Waals surface area contributed by atoms with Gasteiger partial charge in [-0.1, -0.05) is 55.5 Å². The normalized spacial score (nSPS) is 12.4. The largest absolute Gasteiger partial charge is 0.314 e. The standard InChI is InChI=1S/C20H27N/c1-3-5-6-11-20(21-14-4-2)16-17-12-13-18-9-7-8-10-19(18)15-17/h3,7-10,12-13,15,20-21H,1,4-6,11,14,16H2,2H3. The molecule has 1 atom stereocenters. The number of hydrogen-bond acceptors (Lipinski definition) is 1. The van der Waals surface area contributed by atoms with Crippen LogP contribution in [-0.4, -0.2) is 12.6 Å². The van der Waals surface area contributed by atoms with E-state index in [9.17, 15) is 0 Å². The molecule has 0 spiro atoms. The van der Waals surface area contributed by atoms with Gasteiger partial charge in [0.25, 0.3) is 0 Å². The van der Waals surface area contributed by atoms with Gasteiger partial charge in [0.2, 0.25) is 0 Å². The van der Waals surface area contributed by atoms with Crippen molar-refractivity contribution < 1.29 is 0 Å². The Morgan fingerprint density at radius 2 is 1.95 bits per heavy atom. The minimum absolute atomic E-state index is 0.575. The van der Waals surface area contributed by atoms with Crippen LogP contribution < -0.4 is 5.32 Å². The number of rotatable bonds is 9. The minimum Gasteiger partial charge on any atom is -0.314 e. The Balaban J connectivity index is 2.03. The molecule has 0 aromatic heterocycles. The zero-order valence-corrected chi connectivity index (χ0v) is 13.1. The topological polar surface area (TPSA) is 12.0 Å². The van der Waals surface area contributed by atoms with Crippen LogP contribution in [0.2, 0.25) is 0 Å². The van der Waals surface area contributed by atoms with Crippen LogP contribution in [0.3, 0.4) is 0 Å². The molecular weight excluding hydrogens is 254 g/mol. The van der Waals surface area contributed by atoms with Crippen LogP contribution in [0.15, 0.2) is 55.1 Å². The number of allylic oxidation sites excluding steroid dienone is 1. The summed E-state index contributed by atoms with van der Waals surface area (Å²) >= 11 is 0. The molecule has 1 unspecified atom stereocenters. The maximum Gasteiger partial charge on any atom is 0.0108 e. The summed E-state index contributed by atoms with van der Waals surface area (Å²) in [6.07, 6.45) is 7.88. The SMILES string of the molecule is C=CCCCC(Cc1ccc2ccccc2c1)NCCC. The quantitative estimate of drug-likeness (QED) is 0.497. The molecule has 0 aliphatic rings. The smallest absolute Gasteiger partial charge is 0.0108 e. The highest BCUT2D eigenvalue weighted by atomic mass is 14.9. The molecule has 0 fully saturated rings. The summed E-state index contributed by atoms with van der Waals surface area (Å²) in [6.45, 7) is 7.15. The summed E-state index contributed by atoms with van der Waals surface area (Å²) in [5, 5.41) is 6.36. The first-order valence-corrected chi connectivity index (χ1v) is 8.15. The highest BCUT2D eigenvalue weighted by Crippen LogP contribution is 2.18. The van der Waals surface area contributed by atoms with Crippen molar-refractivity contribution in [2.75, 3.05) is 6.54 Å². The summed E-state index contributed by atoms with van der Waals surface area (Å²) in [5.41, 5.74) is 1.43. The number of hydrogen-bond donors (Lipinski definition) is 1. The van der Waals surface area contributed by atoms with E-state index in [2.05, 4.69) is 61.3 Å². The van der Waals surface area contributed by atoms with Crippen LogP contribution in [0.4, 0.5) is 0 Å². The number of benzene rings is 2. The van der Waals surface area contributed by atoms with Crippen molar-refractivity contribution in [1.29, 1.82) is 0 Å². The van der Waals surface area contributed by atoms with Crippen molar-refractivity contribution in [1.82, 2.24) is 5.32 Å². The van der Waals surface area contributed by atoms with Gasteiger partial charge >= 0.3 is 0 Å². The van der Waals surface area contributed by atoms with Crippen molar-refractivity contribution in [3.8, 4) is 0 Å². The summed E-state index contributed by atoms with van der Waals surface area (Å²) in [7, 11) is 0. The lowest BCUT2D eigenvalue weighted by atomic mass is 9.98. The van der Waals surface area contributed by atoms with Crippen LogP contribution in [0.5, 0.6) is 0 Å². The molecule has 0 amide bonds. The molecule has 0 heterocycles. The first kappa shape index (κ1) is 15.8. The molecule has 0 radical (unpaired) electrons. The lowest BCUT2D eigenvalue weighted by Gasteiger charge is -2.18. The van der Waals surface area contributed by atoms with Crippen molar-refractivity contribution >= 4 is 10.8 Å². The Labute approximate surface area is 129 Å². The first-order valence-electron chi connectivity index (χ1n) is 8.15. The monoisotopic (exact) mass is 281 g/mol. The Hall–Kier alpha value is -1.60. The Morgan fingerprint density at radius 3 is 2.71 bits per heavy atom. The third-order valence-electron chi connectivity index (χ3n) is 3.94. The summed E-state index contributed by atoms with van der Waals surface area (Å²) in [4.78, 5) is 0. The molecular formula is C20H27N. The van der Waals surface area contributed by atoms with Gasteiger partial charge in [0, 0.05) is 6.04 Å². The molecule has 0 bridgehead atoms. The fourth-order valence-corrected chi connectivity index (χ4v) is 2.78. The second-order valence-corrected chi connectivity index (χ2v) is 5.76. The minimum atomic E-state index is 0.575. The molecule has 2 aromatic carbocycles. The van der Waals surface area contributed by atoms with E-state index in [0.717, 1.165) is 19.4 Å². The van der Waals surface area contributed by atoms with Crippen molar-refractivity contribution in [3.05, 3.63) is 60.7 Å². The fourth-order valence-electron chi connectivity index (χ4n) is 2.78. The van der Waals surface area contributed by atoms with Gasteiger partial charge in [0.15, 0.2) is 0 Å². The Kier molecular flexibility index (Phi) is 6.49. The average Bonchev–Trinajstić information content (AvgIpc) is 2.52. The molecule has 1 heteroatoms. The predicted molar refractivity (Wildman–Crippen MR) is 93.8 cm³/mol. The summed E-state index contributed by atoms with van der Waals surface area (Å²) in [5.74, 6) is 0. The molecule has 2 aromatic rings. The zero-order chi connectivity index (χ0) is 14.9. The van der Waals surface area contributed by atoms with Gasteiger partial charge in [0.05, 0.1) is 0 Å². The van der Waals surface area contributed by atoms with Crippen molar-refractivity contribution in [2.24, 2.45) is 0 Å². The molecule has 0 saturated carbocycles. The summed E-state index contributed by atoms with van der Waals surface area (Å²) < 4.78 is 0. The van der Waals surface area contributed by atoms with E-state index >= 15 is 0 Å². The van der Waals surface area contributed by atoms with Crippen LogP contribution >= 0.6 is 0 Å². The Morgan fingerprint density at radius 1 is 1.14 bits per heavy atom. The third kappa shape index (κ3) is 5.02. The van der Waals surface area contributed by atoms with Gasteiger partial charge in [0.1, 0.15) is 0 Å². The van der Waals surface area contributed by atoms with Crippen LogP contribution in [0.1, 0.15) is 38.2 Å². The average molecular weight is 281 g/mol. The van der Waals surface area contributed by atoms with Crippen LogP contribution in [-0.2, 0) is 6.42 Å². The molecule has 0 aliphatic carbocycles. The molecule has 21 heavy (non-hydrogen) atoms. The van der Waals surface area contributed by atoms with Gasteiger partial charge in [-0.25, -0.2) is 0 Å². The molecule has 1 nitrogen and oxygen atoms in total. The molecule has 0 saturated heterocycles. The lowest BCUT2D eigenvalue weighted by molar-refractivity contribution is 0.466. The second kappa shape index (κ2) is 8.63. The van der Waals surface area contributed by atoms with E-state index in [1.165, 1.54) is 35.6 Å². The highest BCUT2D eigenvalue weighted by Gasteiger charge is 2.08. The number of unbranched alkanes of at least 4 members (excludes halogenated alkanes) is 1. The van der Waals surface area contributed by atoms with Gasteiger partial charge in [-0.05, 0) is 55.0 Å². The molecule has 112 valence electrons. The van der Waals surface area contributed by atoms with Crippen molar-refractivity contribution in [2.45, 2.75) is 45.1 Å². The highest BCUT2D eigenvalue weighted by molar-refractivity contribution is 5.82. The zero-order valence-electron chi connectivity index (χ0n) is 13.1. The lowest BCUT2D eigenvalue weighted by Crippen LogP contribution is -2.31. The van der Waals surface area contributed by atoms with Gasteiger partial charge in [-0.3, -0.25) is 0 Å². The van der Waals surface area contributed by atoms with Gasteiger partial charge in [-0.15, -0.1) is 6.58 Å². The first-order chi connectivity index (χ1) is 10.3. The number of nitrogens with one attached hydrogen (secondary N) is 1. The van der Waals surface area contributed by atoms with Crippen LogP contribution in [0.25, 0.3) is 10.8 Å².